The van der Waals surface area contributed by atoms with Crippen LogP contribution in [0.3, 0.4) is 0 Å². The maximum atomic E-state index is 11.4. The summed E-state index contributed by atoms with van der Waals surface area (Å²) >= 11 is 0. The van der Waals surface area contributed by atoms with Gasteiger partial charge in [-0.2, -0.15) is 5.06 Å². The fourth-order valence-electron chi connectivity index (χ4n) is 1.99. The number of piperidine rings is 1. The molecule has 0 spiro atoms. The summed E-state index contributed by atoms with van der Waals surface area (Å²) in [5.74, 6) is -0.141. The van der Waals surface area contributed by atoms with Crippen LogP contribution in [-0.4, -0.2) is 47.8 Å². The van der Waals surface area contributed by atoms with E-state index < -0.39 is 0 Å². The molecule has 1 fully saturated rings. The average Bonchev–Trinajstić information content (AvgIpc) is 2.26. The quantitative estimate of drug-likeness (QED) is 0.391. The van der Waals surface area contributed by atoms with E-state index in [0.717, 1.165) is 25.7 Å². The molecule has 0 aliphatic carbocycles. The van der Waals surface area contributed by atoms with E-state index in [1.165, 1.54) is 18.2 Å². The van der Waals surface area contributed by atoms with E-state index in [2.05, 4.69) is 6.58 Å². The lowest BCUT2D eigenvalue weighted by Crippen LogP contribution is -2.49. The number of hydrogen-bond acceptors (Lipinski definition) is 4. The van der Waals surface area contributed by atoms with Crippen molar-refractivity contribution in [3.8, 4) is 0 Å². The zero-order chi connectivity index (χ0) is 12.0. The van der Waals surface area contributed by atoms with Crippen LogP contribution in [0.5, 0.6) is 0 Å². The fraction of sp³-hybridized carbons (Fsp3) is 0.636. The van der Waals surface area contributed by atoms with E-state index in [9.17, 15) is 9.59 Å². The van der Waals surface area contributed by atoms with Crippen molar-refractivity contribution in [1.82, 2.24) is 9.96 Å². The summed E-state index contributed by atoms with van der Waals surface area (Å²) in [6.45, 7) is 6.89. The number of amides is 1. The van der Waals surface area contributed by atoms with Crippen molar-refractivity contribution in [3.05, 3.63) is 12.8 Å². The molecule has 0 saturated carbocycles. The normalized spacial score (nSPS) is 21.2. The fourth-order valence-corrected chi connectivity index (χ4v) is 1.99. The van der Waals surface area contributed by atoms with E-state index in [4.69, 9.17) is 4.84 Å². The van der Waals surface area contributed by atoms with Gasteiger partial charge >= 0.3 is 0 Å². The van der Waals surface area contributed by atoms with Crippen molar-refractivity contribution in [1.29, 1.82) is 0 Å². The Balaban J connectivity index is 2.58. The predicted molar refractivity (Wildman–Crippen MR) is 59.3 cm³/mol. The molecule has 1 saturated heterocycles. The van der Waals surface area contributed by atoms with Crippen LogP contribution in [0.4, 0.5) is 0 Å². The summed E-state index contributed by atoms with van der Waals surface area (Å²) in [6, 6.07) is 0.00389. The molecule has 1 aliphatic heterocycles. The zero-order valence-corrected chi connectivity index (χ0v) is 9.59. The number of hydroxylamine groups is 2. The Kier molecular flexibility index (Phi) is 4.98. The molecule has 16 heavy (non-hydrogen) atoms. The second-order valence-electron chi connectivity index (χ2n) is 3.84. The minimum absolute atomic E-state index is 0.00389. The average molecular weight is 226 g/mol. The number of carbonyl (C=O) groups excluding carboxylic acids is 2. The Morgan fingerprint density at radius 1 is 1.69 bits per heavy atom. The predicted octanol–water partition coefficient (Wildman–Crippen LogP) is 0.573. The topological polar surface area (TPSA) is 49.9 Å². The Labute approximate surface area is 95.6 Å². The van der Waals surface area contributed by atoms with Crippen LogP contribution in [0.1, 0.15) is 19.8 Å². The molecule has 90 valence electrons. The van der Waals surface area contributed by atoms with E-state index in [-0.39, 0.29) is 11.9 Å². The van der Waals surface area contributed by atoms with Crippen molar-refractivity contribution in [3.63, 3.8) is 0 Å². The highest BCUT2D eigenvalue weighted by atomic mass is 16.7. The van der Waals surface area contributed by atoms with Gasteiger partial charge in [-0.15, -0.1) is 0 Å². The molecule has 0 aromatic carbocycles. The Bertz CT molecular complexity index is 268. The van der Waals surface area contributed by atoms with Crippen LogP contribution in [-0.2, 0) is 14.4 Å². The number of nitrogens with zero attached hydrogens (tertiary/aromatic N) is 2. The summed E-state index contributed by atoms with van der Waals surface area (Å²) in [5.41, 5.74) is 0. The SMILES string of the molecule is C=CON(C(C)=O)C1CCCN(CC=O)C1. The number of rotatable bonds is 5. The summed E-state index contributed by atoms with van der Waals surface area (Å²) in [6.07, 6.45) is 3.99. The number of hydrogen-bond donors (Lipinski definition) is 0. The molecular weight excluding hydrogens is 208 g/mol. The van der Waals surface area contributed by atoms with E-state index in [1.807, 2.05) is 4.90 Å². The van der Waals surface area contributed by atoms with Gasteiger partial charge < -0.3 is 9.63 Å². The largest absolute Gasteiger partial charge is 0.385 e. The zero-order valence-electron chi connectivity index (χ0n) is 9.59. The van der Waals surface area contributed by atoms with Crippen molar-refractivity contribution < 1.29 is 14.4 Å². The Hall–Kier alpha value is -1.36. The summed E-state index contributed by atoms with van der Waals surface area (Å²) < 4.78 is 0. The van der Waals surface area contributed by atoms with Gasteiger partial charge in [-0.05, 0) is 19.4 Å². The first kappa shape index (κ1) is 12.7. The van der Waals surface area contributed by atoms with Gasteiger partial charge in [0, 0.05) is 13.5 Å². The molecule has 1 heterocycles. The molecule has 0 N–H and O–H groups in total. The first-order chi connectivity index (χ1) is 7.69. The second kappa shape index (κ2) is 6.27. The summed E-state index contributed by atoms with van der Waals surface area (Å²) in [7, 11) is 0. The molecule has 0 aromatic heterocycles. The van der Waals surface area contributed by atoms with Gasteiger partial charge in [-0.25, -0.2) is 0 Å². The summed E-state index contributed by atoms with van der Waals surface area (Å²) in [4.78, 5) is 28.9. The highest BCUT2D eigenvalue weighted by molar-refractivity contribution is 5.72. The third kappa shape index (κ3) is 3.34. The van der Waals surface area contributed by atoms with Gasteiger partial charge in [0.1, 0.15) is 12.5 Å². The van der Waals surface area contributed by atoms with Gasteiger partial charge in [-0.3, -0.25) is 9.69 Å². The van der Waals surface area contributed by atoms with E-state index in [1.54, 1.807) is 0 Å². The molecule has 1 amide bonds. The minimum atomic E-state index is -0.141. The molecular formula is C11H18N2O3. The van der Waals surface area contributed by atoms with Gasteiger partial charge in [0.2, 0.25) is 0 Å². The smallest absolute Gasteiger partial charge is 0.252 e. The van der Waals surface area contributed by atoms with Crippen molar-refractivity contribution >= 4 is 12.2 Å². The van der Waals surface area contributed by atoms with Gasteiger partial charge in [0.15, 0.2) is 0 Å². The summed E-state index contributed by atoms with van der Waals surface area (Å²) in [5, 5.41) is 1.34. The molecule has 5 heteroatoms. The molecule has 0 aromatic rings. The standard InChI is InChI=1S/C11H18N2O3/c1-3-16-13(10(2)15)11-5-4-6-12(9-11)7-8-14/h3,8,11H,1,4-7,9H2,2H3. The number of aldehydes is 1. The van der Waals surface area contributed by atoms with Crippen LogP contribution in [0.15, 0.2) is 12.8 Å². The lowest BCUT2D eigenvalue weighted by molar-refractivity contribution is -0.180. The van der Waals surface area contributed by atoms with Gasteiger partial charge in [-0.1, -0.05) is 6.58 Å². The maximum absolute atomic E-state index is 11.4. The van der Waals surface area contributed by atoms with Crippen LogP contribution in [0.25, 0.3) is 0 Å². The van der Waals surface area contributed by atoms with Crippen molar-refractivity contribution in [2.45, 2.75) is 25.8 Å². The van der Waals surface area contributed by atoms with E-state index >= 15 is 0 Å². The molecule has 1 aliphatic rings. The molecule has 1 rings (SSSR count). The van der Waals surface area contributed by atoms with Crippen LogP contribution < -0.4 is 0 Å². The van der Waals surface area contributed by atoms with Gasteiger partial charge in [0.05, 0.1) is 12.6 Å². The van der Waals surface area contributed by atoms with Crippen molar-refractivity contribution in [2.24, 2.45) is 0 Å². The monoisotopic (exact) mass is 226 g/mol. The lowest BCUT2D eigenvalue weighted by Gasteiger charge is -2.36. The third-order valence-electron chi connectivity index (χ3n) is 2.64. The van der Waals surface area contributed by atoms with Crippen LogP contribution >= 0.6 is 0 Å². The second-order valence-corrected chi connectivity index (χ2v) is 3.84. The third-order valence-corrected chi connectivity index (χ3v) is 2.64. The van der Waals surface area contributed by atoms with Crippen molar-refractivity contribution in [2.75, 3.05) is 19.6 Å². The Morgan fingerprint density at radius 3 is 3.00 bits per heavy atom. The van der Waals surface area contributed by atoms with Gasteiger partial charge in [0.25, 0.3) is 5.91 Å². The molecule has 0 radical (unpaired) electrons. The molecule has 5 nitrogen and oxygen atoms in total. The van der Waals surface area contributed by atoms with Crippen LogP contribution in [0, 0.1) is 0 Å². The van der Waals surface area contributed by atoms with E-state index in [0.29, 0.717) is 13.1 Å². The molecule has 1 unspecified atom stereocenters. The molecule has 1 atom stereocenters. The minimum Gasteiger partial charge on any atom is -0.385 e. The highest BCUT2D eigenvalue weighted by Gasteiger charge is 2.27. The number of carbonyl (C=O) groups is 2. The highest BCUT2D eigenvalue weighted by Crippen LogP contribution is 2.16. The molecule has 0 bridgehead atoms. The number of likely N-dealkylation sites (tertiary alicyclic amines) is 1. The maximum Gasteiger partial charge on any atom is 0.252 e. The van der Waals surface area contributed by atoms with Crippen LogP contribution in [0.2, 0.25) is 0 Å². The Morgan fingerprint density at radius 2 is 2.44 bits per heavy atom. The lowest BCUT2D eigenvalue weighted by atomic mass is 10.1. The first-order valence-corrected chi connectivity index (χ1v) is 5.42. The first-order valence-electron chi connectivity index (χ1n) is 5.42.